The van der Waals surface area contributed by atoms with E-state index in [0.29, 0.717) is 0 Å². The molecule has 0 rings (SSSR count). The van der Waals surface area contributed by atoms with E-state index in [1.807, 2.05) is 0 Å². The average molecular weight is 352 g/mol. The van der Waals surface area contributed by atoms with Crippen LogP contribution in [-0.4, -0.2) is 0 Å². The van der Waals surface area contributed by atoms with Crippen LogP contribution >= 0.6 is 0 Å². The van der Waals surface area contributed by atoms with Gasteiger partial charge >= 0.3 is 0 Å². The summed E-state index contributed by atoms with van der Waals surface area (Å²) in [6.07, 6.45) is 0. The molecule has 0 nitrogen and oxygen atoms in total. The zero-order valence-electron chi connectivity index (χ0n) is 6.81. The molecule has 0 atom stereocenters. The van der Waals surface area contributed by atoms with Gasteiger partial charge in [0.25, 0.3) is 0 Å². The predicted octanol–water partition coefficient (Wildman–Crippen LogP) is 2.25. The van der Waals surface area contributed by atoms with Gasteiger partial charge in [0.05, 0.1) is 0 Å². The van der Waals surface area contributed by atoms with Gasteiger partial charge in [-0.05, 0) is 0 Å². The second kappa shape index (κ2) is 13.9. The fourth-order valence-electron chi connectivity index (χ4n) is 0. The minimum absolute atomic E-state index is 0. The van der Waals surface area contributed by atoms with Crippen LogP contribution in [0.1, 0.15) is 27.7 Å². The summed E-state index contributed by atoms with van der Waals surface area (Å²) < 4.78 is 0. The Hall–Kier alpha value is 3.31. The SMILES string of the molecule is C[C-](C)C(C)C.[Y].[Y].[Y]. The first-order chi connectivity index (χ1) is 2.64. The number of hydrogen-bond acceptors (Lipinski definition) is 0. The fraction of sp³-hybridized carbons (Fsp3) is 0.833. The third-order valence-electron chi connectivity index (χ3n) is 1.15. The standard InChI is InChI=1S/C6H13.3Y/c1-5(2)6(3)4;;;/h5H,1-4H3;;;/q-1;;;. The van der Waals surface area contributed by atoms with Crippen molar-refractivity contribution in [2.75, 3.05) is 0 Å². The maximum absolute atomic E-state index is 2.20. The zero-order chi connectivity index (χ0) is 5.15. The normalized spacial score (nSPS) is 7.33. The molecule has 0 heterocycles. The topological polar surface area (TPSA) is 0 Å². The molecule has 0 amide bonds. The van der Waals surface area contributed by atoms with E-state index in [0.717, 1.165) is 5.92 Å². The Balaban J connectivity index is -0.0000000417. The molecule has 0 aromatic heterocycles. The molecule has 0 aromatic carbocycles. The van der Waals surface area contributed by atoms with Crippen molar-refractivity contribution >= 4 is 0 Å². The third-order valence-corrected chi connectivity index (χ3v) is 1.15. The van der Waals surface area contributed by atoms with Crippen LogP contribution in [-0.2, 0) is 98.1 Å². The van der Waals surface area contributed by atoms with Crippen molar-refractivity contribution in [2.24, 2.45) is 5.92 Å². The minimum Gasteiger partial charge on any atom is -0.317 e. The molecule has 0 fully saturated rings. The molecule has 0 bridgehead atoms. The molecule has 3 radical (unpaired) electrons. The summed E-state index contributed by atoms with van der Waals surface area (Å²) >= 11 is 0. The van der Waals surface area contributed by atoms with Crippen LogP contribution in [0.2, 0.25) is 0 Å². The Morgan fingerprint density at radius 1 is 0.889 bits per heavy atom. The first kappa shape index (κ1) is 22.8. The van der Waals surface area contributed by atoms with Gasteiger partial charge in [-0.2, -0.15) is 19.8 Å². The molecule has 0 N–H and O–H groups in total. The van der Waals surface area contributed by atoms with Gasteiger partial charge in [0.1, 0.15) is 0 Å². The van der Waals surface area contributed by atoms with Crippen LogP contribution in [0.15, 0.2) is 0 Å². The summed E-state index contributed by atoms with van der Waals surface area (Å²) in [5.74, 6) is 2.28. The largest absolute Gasteiger partial charge is 0.317 e. The molecule has 9 heavy (non-hydrogen) atoms. The molecule has 0 aliphatic heterocycles. The van der Waals surface area contributed by atoms with Gasteiger partial charge in [-0.1, -0.05) is 13.8 Å². The minimum atomic E-state index is 0. The average Bonchev–Trinajstić information content (AvgIpc) is 1.36. The van der Waals surface area contributed by atoms with Gasteiger partial charge in [-0.25, -0.2) is 0 Å². The molecular formula is C6H13Y3-. The van der Waals surface area contributed by atoms with Gasteiger partial charge < -0.3 is 5.92 Å². The number of rotatable bonds is 1. The molecule has 0 spiro atoms. The molecule has 0 aromatic rings. The molecular weight excluding hydrogens is 339 g/mol. The van der Waals surface area contributed by atoms with Crippen molar-refractivity contribution in [2.45, 2.75) is 27.7 Å². The maximum Gasteiger partial charge on any atom is 0 e. The van der Waals surface area contributed by atoms with Gasteiger partial charge in [-0.15, -0.1) is 0 Å². The summed E-state index contributed by atoms with van der Waals surface area (Å²) in [6.45, 7) is 8.72. The van der Waals surface area contributed by atoms with Crippen LogP contribution in [0, 0.1) is 11.8 Å². The number of hydrogen-bond donors (Lipinski definition) is 0. The maximum atomic E-state index is 2.20. The monoisotopic (exact) mass is 352 g/mol. The van der Waals surface area contributed by atoms with Gasteiger partial charge in [0, 0.05) is 98.1 Å². The Morgan fingerprint density at radius 3 is 1.00 bits per heavy atom. The fourth-order valence-corrected chi connectivity index (χ4v) is 0. The summed E-state index contributed by atoms with van der Waals surface area (Å²) in [4.78, 5) is 0. The van der Waals surface area contributed by atoms with E-state index in [4.69, 9.17) is 0 Å². The second-order valence-corrected chi connectivity index (χ2v) is 2.23. The molecule has 3 heteroatoms. The van der Waals surface area contributed by atoms with Crippen LogP contribution in [0.3, 0.4) is 0 Å². The molecule has 0 saturated carbocycles. The van der Waals surface area contributed by atoms with Crippen molar-refractivity contribution in [3.05, 3.63) is 5.92 Å². The molecule has 47 valence electrons. The smallest absolute Gasteiger partial charge is 0 e. The van der Waals surface area contributed by atoms with Crippen molar-refractivity contribution in [3.63, 3.8) is 0 Å². The summed E-state index contributed by atoms with van der Waals surface area (Å²) in [5, 5.41) is 0. The van der Waals surface area contributed by atoms with E-state index in [2.05, 4.69) is 27.7 Å². The predicted molar refractivity (Wildman–Crippen MR) is 29.4 cm³/mol. The van der Waals surface area contributed by atoms with E-state index in [-0.39, 0.29) is 98.1 Å². The zero-order valence-corrected chi connectivity index (χ0v) is 15.3. The first-order valence-corrected chi connectivity index (χ1v) is 2.44. The van der Waals surface area contributed by atoms with Crippen molar-refractivity contribution in [1.82, 2.24) is 0 Å². The van der Waals surface area contributed by atoms with E-state index in [1.165, 1.54) is 5.92 Å². The van der Waals surface area contributed by atoms with E-state index >= 15 is 0 Å². The van der Waals surface area contributed by atoms with Crippen LogP contribution < -0.4 is 0 Å². The molecule has 0 aliphatic rings. The van der Waals surface area contributed by atoms with Crippen molar-refractivity contribution in [1.29, 1.82) is 0 Å². The quantitative estimate of drug-likeness (QED) is 0.636. The van der Waals surface area contributed by atoms with Gasteiger partial charge in [-0.3, -0.25) is 0 Å². The summed E-state index contributed by atoms with van der Waals surface area (Å²) in [6, 6.07) is 0. The van der Waals surface area contributed by atoms with Gasteiger partial charge in [0.2, 0.25) is 0 Å². The Morgan fingerprint density at radius 2 is 1.00 bits per heavy atom. The summed E-state index contributed by atoms with van der Waals surface area (Å²) in [7, 11) is 0. The second-order valence-electron chi connectivity index (χ2n) is 2.23. The molecule has 0 saturated heterocycles. The summed E-state index contributed by atoms with van der Waals surface area (Å²) in [5.41, 5.74) is 0. The van der Waals surface area contributed by atoms with Crippen LogP contribution in [0.25, 0.3) is 0 Å². The first-order valence-electron chi connectivity index (χ1n) is 2.44. The molecule has 0 unspecified atom stereocenters. The van der Waals surface area contributed by atoms with Gasteiger partial charge in [0.15, 0.2) is 0 Å². The Labute approximate surface area is 135 Å². The third kappa shape index (κ3) is 18.3. The van der Waals surface area contributed by atoms with Crippen LogP contribution in [0.4, 0.5) is 0 Å². The van der Waals surface area contributed by atoms with E-state index in [9.17, 15) is 0 Å². The van der Waals surface area contributed by atoms with Crippen molar-refractivity contribution < 1.29 is 98.1 Å². The molecule has 0 aliphatic carbocycles. The van der Waals surface area contributed by atoms with E-state index < -0.39 is 0 Å². The van der Waals surface area contributed by atoms with Crippen LogP contribution in [0.5, 0.6) is 0 Å². The van der Waals surface area contributed by atoms with E-state index in [1.54, 1.807) is 0 Å². The Bertz CT molecular complexity index is 29.3. The Kier molecular flexibility index (Phi) is 35.1. The van der Waals surface area contributed by atoms with Crippen molar-refractivity contribution in [3.8, 4) is 0 Å².